The Kier molecular flexibility index (Phi) is 5.44. The van der Waals surface area contributed by atoms with Crippen molar-refractivity contribution in [1.29, 1.82) is 0 Å². The lowest BCUT2D eigenvalue weighted by atomic mass is 10.0. The molecule has 0 aliphatic heterocycles. The van der Waals surface area contributed by atoms with Crippen LogP contribution in [-0.4, -0.2) is 0 Å². The minimum atomic E-state index is 0.975. The summed E-state index contributed by atoms with van der Waals surface area (Å²) in [4.78, 5) is 0. The zero-order valence-electron chi connectivity index (χ0n) is 15.0. The Morgan fingerprint density at radius 2 is 1.17 bits per heavy atom. The third kappa shape index (κ3) is 3.10. The molecule has 0 unspecified atom stereocenters. The van der Waals surface area contributed by atoms with Crippen LogP contribution in [0.25, 0.3) is 32.7 Å². The van der Waals surface area contributed by atoms with Crippen LogP contribution in [-0.2, 0) is 0 Å². The lowest BCUT2D eigenvalue weighted by Crippen LogP contribution is -1.76. The summed E-state index contributed by atoms with van der Waals surface area (Å²) in [7, 11) is 0. The van der Waals surface area contributed by atoms with Gasteiger partial charge in [0.25, 0.3) is 0 Å². The van der Waals surface area contributed by atoms with E-state index in [1.807, 2.05) is 27.7 Å². The molecule has 1 aromatic heterocycles. The summed E-state index contributed by atoms with van der Waals surface area (Å²) in [5.74, 6) is 0. The lowest BCUT2D eigenvalue weighted by molar-refractivity contribution is 0.672. The van der Waals surface area contributed by atoms with Crippen molar-refractivity contribution in [3.05, 3.63) is 59.7 Å². The molecule has 0 amide bonds. The fourth-order valence-corrected chi connectivity index (χ4v) is 2.79. The van der Waals surface area contributed by atoms with Crippen LogP contribution in [0.5, 0.6) is 0 Å². The molecule has 1 nitrogen and oxygen atoms in total. The van der Waals surface area contributed by atoms with Gasteiger partial charge in [0, 0.05) is 16.2 Å². The van der Waals surface area contributed by atoms with Gasteiger partial charge in [0.1, 0.15) is 11.2 Å². The Hall–Kier alpha value is -2.28. The fraction of sp³-hybridized carbons (Fsp3) is 0.273. The van der Waals surface area contributed by atoms with Crippen LogP contribution in [0, 0.1) is 13.8 Å². The van der Waals surface area contributed by atoms with Crippen molar-refractivity contribution in [2.75, 3.05) is 0 Å². The van der Waals surface area contributed by atoms with Gasteiger partial charge in [0.05, 0.1) is 0 Å². The second-order valence-corrected chi connectivity index (χ2v) is 5.27. The van der Waals surface area contributed by atoms with E-state index in [0.29, 0.717) is 0 Å². The van der Waals surface area contributed by atoms with Gasteiger partial charge in [0.2, 0.25) is 0 Å². The maximum Gasteiger partial charge on any atom is 0.143 e. The highest BCUT2D eigenvalue weighted by molar-refractivity contribution is 6.15. The second kappa shape index (κ2) is 7.32. The Labute approximate surface area is 138 Å². The van der Waals surface area contributed by atoms with Gasteiger partial charge in [-0.15, -0.1) is 0 Å². The number of fused-ring (bicyclic) bond motifs is 5. The first-order chi connectivity index (χ1) is 11.2. The molecule has 0 radical (unpaired) electrons. The van der Waals surface area contributed by atoms with Crippen molar-refractivity contribution >= 4 is 32.7 Å². The number of hydrogen-bond donors (Lipinski definition) is 0. The molecular weight excluding hydrogens is 280 g/mol. The molecule has 4 aromatic rings. The third-order valence-corrected chi connectivity index (χ3v) is 3.77. The SMILES string of the molecule is CC.CC.Cc1ccc2c(ccc3c4ccc(C)cc4oc23)c1. The molecule has 0 bridgehead atoms. The molecule has 120 valence electrons. The molecule has 1 heterocycles. The maximum atomic E-state index is 6.09. The highest BCUT2D eigenvalue weighted by atomic mass is 16.3. The molecule has 0 fully saturated rings. The molecule has 0 aliphatic rings. The summed E-state index contributed by atoms with van der Waals surface area (Å²) in [6, 6.07) is 17.2. The molecule has 23 heavy (non-hydrogen) atoms. The predicted molar refractivity (Wildman–Crippen MR) is 103 cm³/mol. The molecule has 0 saturated carbocycles. The first-order valence-corrected chi connectivity index (χ1v) is 8.54. The Bertz CT molecular complexity index is 929. The number of benzene rings is 3. The zero-order valence-corrected chi connectivity index (χ0v) is 15.0. The molecule has 0 aliphatic carbocycles. The number of hydrogen-bond acceptors (Lipinski definition) is 1. The topological polar surface area (TPSA) is 13.1 Å². The Morgan fingerprint density at radius 3 is 1.87 bits per heavy atom. The molecular formula is C22H26O. The molecule has 0 N–H and O–H groups in total. The Morgan fingerprint density at radius 1 is 0.609 bits per heavy atom. The zero-order chi connectivity index (χ0) is 17.0. The van der Waals surface area contributed by atoms with Crippen molar-refractivity contribution in [3.8, 4) is 0 Å². The van der Waals surface area contributed by atoms with Gasteiger partial charge >= 0.3 is 0 Å². The molecule has 1 heteroatoms. The number of rotatable bonds is 0. The summed E-state index contributed by atoms with van der Waals surface area (Å²) in [5.41, 5.74) is 4.48. The van der Waals surface area contributed by atoms with Crippen LogP contribution in [0.4, 0.5) is 0 Å². The van der Waals surface area contributed by atoms with Crippen molar-refractivity contribution in [2.24, 2.45) is 0 Å². The van der Waals surface area contributed by atoms with E-state index in [9.17, 15) is 0 Å². The van der Waals surface area contributed by atoms with E-state index in [-0.39, 0.29) is 0 Å². The van der Waals surface area contributed by atoms with E-state index in [2.05, 4.69) is 62.4 Å². The second-order valence-electron chi connectivity index (χ2n) is 5.27. The maximum absolute atomic E-state index is 6.09. The summed E-state index contributed by atoms with van der Waals surface area (Å²) in [6.07, 6.45) is 0. The van der Waals surface area contributed by atoms with Crippen LogP contribution < -0.4 is 0 Å². The first kappa shape index (κ1) is 17.1. The van der Waals surface area contributed by atoms with E-state index in [4.69, 9.17) is 4.42 Å². The highest BCUT2D eigenvalue weighted by Crippen LogP contribution is 2.34. The van der Waals surface area contributed by atoms with Crippen LogP contribution >= 0.6 is 0 Å². The summed E-state index contributed by atoms with van der Waals surface area (Å²) >= 11 is 0. The minimum Gasteiger partial charge on any atom is -0.455 e. The van der Waals surface area contributed by atoms with Gasteiger partial charge in [-0.05, 0) is 36.9 Å². The third-order valence-electron chi connectivity index (χ3n) is 3.77. The van der Waals surface area contributed by atoms with E-state index in [1.165, 1.54) is 32.7 Å². The van der Waals surface area contributed by atoms with Gasteiger partial charge < -0.3 is 4.42 Å². The van der Waals surface area contributed by atoms with Crippen molar-refractivity contribution < 1.29 is 4.42 Å². The molecule has 4 rings (SSSR count). The number of furan rings is 1. The number of aryl methyl sites for hydroxylation is 2. The molecule has 0 spiro atoms. The molecule has 0 saturated heterocycles. The Balaban J connectivity index is 0.000000448. The summed E-state index contributed by atoms with van der Waals surface area (Å²) < 4.78 is 6.09. The quantitative estimate of drug-likeness (QED) is 0.329. The smallest absolute Gasteiger partial charge is 0.143 e. The van der Waals surface area contributed by atoms with E-state index < -0.39 is 0 Å². The summed E-state index contributed by atoms with van der Waals surface area (Å²) in [6.45, 7) is 12.2. The monoisotopic (exact) mass is 306 g/mol. The van der Waals surface area contributed by atoms with Gasteiger partial charge in [0.15, 0.2) is 0 Å². The fourth-order valence-electron chi connectivity index (χ4n) is 2.79. The lowest BCUT2D eigenvalue weighted by Gasteiger charge is -1.99. The van der Waals surface area contributed by atoms with Crippen LogP contribution in [0.15, 0.2) is 52.9 Å². The van der Waals surface area contributed by atoms with Crippen LogP contribution in [0.3, 0.4) is 0 Å². The average Bonchev–Trinajstić information content (AvgIpc) is 2.95. The van der Waals surface area contributed by atoms with E-state index >= 15 is 0 Å². The van der Waals surface area contributed by atoms with Gasteiger partial charge in [-0.25, -0.2) is 0 Å². The van der Waals surface area contributed by atoms with Crippen molar-refractivity contribution in [1.82, 2.24) is 0 Å². The normalized spacial score (nSPS) is 10.2. The molecule has 3 aromatic carbocycles. The minimum absolute atomic E-state index is 0.975. The summed E-state index contributed by atoms with van der Waals surface area (Å²) in [5, 5.41) is 4.83. The van der Waals surface area contributed by atoms with Gasteiger partial charge in [-0.1, -0.05) is 69.7 Å². The van der Waals surface area contributed by atoms with Gasteiger partial charge in [-0.2, -0.15) is 0 Å². The standard InChI is InChI=1S/C18H14O.2C2H6/c1-11-3-6-14-13(9-11)5-8-16-15-7-4-12(2)10-17(15)19-18(14)16;2*1-2/h3-10H,1-2H3;2*1-2H3. The first-order valence-electron chi connectivity index (χ1n) is 8.54. The van der Waals surface area contributed by atoms with Crippen LogP contribution in [0.2, 0.25) is 0 Å². The van der Waals surface area contributed by atoms with Crippen molar-refractivity contribution in [3.63, 3.8) is 0 Å². The molecule has 0 atom stereocenters. The predicted octanol–water partition coefficient (Wildman–Crippen LogP) is 7.41. The highest BCUT2D eigenvalue weighted by Gasteiger charge is 2.09. The van der Waals surface area contributed by atoms with Gasteiger partial charge in [-0.3, -0.25) is 0 Å². The van der Waals surface area contributed by atoms with E-state index in [0.717, 1.165) is 11.2 Å². The van der Waals surface area contributed by atoms with Crippen LogP contribution in [0.1, 0.15) is 38.8 Å². The largest absolute Gasteiger partial charge is 0.455 e. The van der Waals surface area contributed by atoms with E-state index in [1.54, 1.807) is 0 Å². The van der Waals surface area contributed by atoms with Crippen molar-refractivity contribution in [2.45, 2.75) is 41.5 Å². The average molecular weight is 306 g/mol.